The van der Waals surface area contributed by atoms with E-state index in [2.05, 4.69) is 10.0 Å². The van der Waals surface area contributed by atoms with Gasteiger partial charge in [0.2, 0.25) is 15.9 Å². The number of rotatable bonds is 6. The van der Waals surface area contributed by atoms with Crippen LogP contribution in [-0.4, -0.2) is 20.9 Å². The number of nitrogens with one attached hydrogen (secondary N) is 2. The molecule has 2 aromatic rings. The van der Waals surface area contributed by atoms with Gasteiger partial charge in [0.25, 0.3) is 0 Å². The summed E-state index contributed by atoms with van der Waals surface area (Å²) in [5.74, 6) is -2.75. The third kappa shape index (κ3) is 4.84. The molecule has 0 spiro atoms. The van der Waals surface area contributed by atoms with Gasteiger partial charge in [-0.1, -0.05) is 12.1 Å². The first-order valence-electron chi connectivity index (χ1n) is 7.09. The molecule has 2 N–H and O–H groups in total. The zero-order chi connectivity index (χ0) is 17.7. The van der Waals surface area contributed by atoms with Crippen LogP contribution in [-0.2, 0) is 14.8 Å². The fraction of sp³-hybridized carbons (Fsp3) is 0.188. The van der Waals surface area contributed by atoms with Gasteiger partial charge in [-0.05, 0) is 42.8 Å². The predicted octanol–water partition coefficient (Wildman–Crippen LogP) is 2.58. The van der Waals surface area contributed by atoms with E-state index in [4.69, 9.17) is 0 Å². The van der Waals surface area contributed by atoms with Crippen LogP contribution in [0.1, 0.15) is 12.0 Å². The van der Waals surface area contributed by atoms with Gasteiger partial charge in [-0.25, -0.2) is 21.9 Å². The number of halogens is 2. The van der Waals surface area contributed by atoms with E-state index in [9.17, 15) is 22.0 Å². The summed E-state index contributed by atoms with van der Waals surface area (Å²) < 4.78 is 52.0. The van der Waals surface area contributed by atoms with Crippen LogP contribution in [0.5, 0.6) is 0 Å². The Kier molecular flexibility index (Phi) is 5.63. The van der Waals surface area contributed by atoms with Crippen molar-refractivity contribution >= 4 is 21.6 Å². The van der Waals surface area contributed by atoms with E-state index < -0.39 is 26.6 Å². The molecule has 1 amide bonds. The number of aryl methyl sites for hydroxylation is 1. The lowest BCUT2D eigenvalue weighted by molar-refractivity contribution is -0.116. The highest BCUT2D eigenvalue weighted by molar-refractivity contribution is 7.89. The monoisotopic (exact) mass is 354 g/mol. The fourth-order valence-electron chi connectivity index (χ4n) is 1.97. The van der Waals surface area contributed by atoms with Gasteiger partial charge in [-0.3, -0.25) is 4.79 Å². The maximum absolute atomic E-state index is 13.1. The smallest absolute Gasteiger partial charge is 0.240 e. The molecule has 0 aromatic heterocycles. The fourth-order valence-corrected chi connectivity index (χ4v) is 3.02. The lowest BCUT2D eigenvalue weighted by Gasteiger charge is -2.08. The number of carbonyl (C=O) groups is 1. The van der Waals surface area contributed by atoms with Gasteiger partial charge < -0.3 is 5.32 Å². The molecule has 0 bridgehead atoms. The summed E-state index contributed by atoms with van der Waals surface area (Å²) in [5.41, 5.74) is 1.59. The molecule has 2 aromatic carbocycles. The van der Waals surface area contributed by atoms with Crippen molar-refractivity contribution in [3.63, 3.8) is 0 Å². The highest BCUT2D eigenvalue weighted by Gasteiger charge is 2.16. The summed E-state index contributed by atoms with van der Waals surface area (Å²) >= 11 is 0. The molecule has 0 unspecified atom stereocenters. The predicted molar refractivity (Wildman–Crippen MR) is 86.0 cm³/mol. The van der Waals surface area contributed by atoms with Crippen LogP contribution in [0.4, 0.5) is 14.5 Å². The Labute approximate surface area is 138 Å². The molecular formula is C16H16F2N2O3S. The topological polar surface area (TPSA) is 75.3 Å². The van der Waals surface area contributed by atoms with Crippen molar-refractivity contribution in [2.75, 3.05) is 11.9 Å². The molecule has 0 saturated heterocycles. The quantitative estimate of drug-likeness (QED) is 0.837. The number of hydrogen-bond donors (Lipinski definition) is 2. The summed E-state index contributed by atoms with van der Waals surface area (Å²) in [6.07, 6.45) is -0.100. The van der Waals surface area contributed by atoms with E-state index in [1.54, 1.807) is 18.2 Å². The minimum absolute atomic E-state index is 0.100. The lowest BCUT2D eigenvalue weighted by Crippen LogP contribution is -2.28. The van der Waals surface area contributed by atoms with E-state index in [-0.39, 0.29) is 18.9 Å². The Hall–Kier alpha value is -2.32. The lowest BCUT2D eigenvalue weighted by atomic mass is 10.2. The van der Waals surface area contributed by atoms with Gasteiger partial charge in [0.1, 0.15) is 0 Å². The highest BCUT2D eigenvalue weighted by Crippen LogP contribution is 2.14. The van der Waals surface area contributed by atoms with Crippen molar-refractivity contribution in [1.29, 1.82) is 0 Å². The van der Waals surface area contributed by atoms with Crippen LogP contribution in [0.25, 0.3) is 0 Å². The number of carbonyl (C=O) groups excluding carboxylic acids is 1. The van der Waals surface area contributed by atoms with Crippen molar-refractivity contribution in [2.45, 2.75) is 18.2 Å². The second-order valence-corrected chi connectivity index (χ2v) is 6.91. The summed E-state index contributed by atoms with van der Waals surface area (Å²) in [6, 6.07) is 9.44. The van der Waals surface area contributed by atoms with Crippen LogP contribution in [0.15, 0.2) is 47.4 Å². The van der Waals surface area contributed by atoms with Gasteiger partial charge >= 0.3 is 0 Å². The van der Waals surface area contributed by atoms with Gasteiger partial charge in [0.15, 0.2) is 11.6 Å². The van der Waals surface area contributed by atoms with Gasteiger partial charge in [0.05, 0.1) is 4.90 Å². The second kappa shape index (κ2) is 7.50. The average molecular weight is 354 g/mol. The SMILES string of the molecule is Cc1cccc(NC(=O)CCNS(=O)(=O)c2ccc(F)c(F)c2)c1. The number of benzene rings is 2. The van der Waals surface area contributed by atoms with E-state index >= 15 is 0 Å². The molecule has 0 aliphatic rings. The second-order valence-electron chi connectivity index (χ2n) is 5.14. The Balaban J connectivity index is 1.90. The summed E-state index contributed by atoms with van der Waals surface area (Å²) in [7, 11) is -4.01. The number of amides is 1. The Bertz CT molecular complexity index is 854. The first kappa shape index (κ1) is 18.0. The molecular weight excluding hydrogens is 338 g/mol. The normalized spacial score (nSPS) is 11.3. The first-order chi connectivity index (χ1) is 11.3. The summed E-state index contributed by atoms with van der Waals surface area (Å²) in [6.45, 7) is 1.71. The zero-order valence-corrected chi connectivity index (χ0v) is 13.7. The molecule has 8 heteroatoms. The maximum atomic E-state index is 13.1. The molecule has 24 heavy (non-hydrogen) atoms. The molecule has 0 heterocycles. The number of hydrogen-bond acceptors (Lipinski definition) is 3. The van der Waals surface area contributed by atoms with E-state index in [1.807, 2.05) is 13.0 Å². The van der Waals surface area contributed by atoms with E-state index in [0.717, 1.165) is 17.7 Å². The van der Waals surface area contributed by atoms with Crippen molar-refractivity contribution in [1.82, 2.24) is 4.72 Å². The molecule has 0 saturated carbocycles. The largest absolute Gasteiger partial charge is 0.326 e. The van der Waals surface area contributed by atoms with Crippen LogP contribution in [0, 0.1) is 18.6 Å². The van der Waals surface area contributed by atoms with Gasteiger partial charge in [0, 0.05) is 18.7 Å². The minimum Gasteiger partial charge on any atom is -0.326 e. The molecule has 128 valence electrons. The zero-order valence-electron chi connectivity index (χ0n) is 12.8. The van der Waals surface area contributed by atoms with Crippen molar-refractivity contribution in [2.24, 2.45) is 0 Å². The molecule has 2 rings (SSSR count). The Morgan fingerprint density at radius 1 is 1.08 bits per heavy atom. The standard InChI is InChI=1S/C16H16F2N2O3S/c1-11-3-2-4-12(9-11)20-16(21)7-8-19-24(22,23)13-5-6-14(17)15(18)10-13/h2-6,9-10,19H,7-8H2,1H3,(H,20,21). The van der Waals surface area contributed by atoms with Crippen LogP contribution < -0.4 is 10.0 Å². The van der Waals surface area contributed by atoms with Gasteiger partial charge in [-0.15, -0.1) is 0 Å². The maximum Gasteiger partial charge on any atom is 0.240 e. The van der Waals surface area contributed by atoms with Crippen molar-refractivity contribution < 1.29 is 22.0 Å². The Morgan fingerprint density at radius 2 is 1.83 bits per heavy atom. The molecule has 5 nitrogen and oxygen atoms in total. The third-order valence-corrected chi connectivity index (χ3v) is 4.61. The molecule has 0 radical (unpaired) electrons. The average Bonchev–Trinajstić information content (AvgIpc) is 2.49. The first-order valence-corrected chi connectivity index (χ1v) is 8.57. The Morgan fingerprint density at radius 3 is 2.50 bits per heavy atom. The third-order valence-electron chi connectivity index (χ3n) is 3.15. The molecule has 0 aliphatic carbocycles. The van der Waals surface area contributed by atoms with E-state index in [0.29, 0.717) is 11.8 Å². The molecule has 0 aliphatic heterocycles. The summed E-state index contributed by atoms with van der Waals surface area (Å²) in [5, 5.41) is 2.64. The van der Waals surface area contributed by atoms with Crippen LogP contribution in [0.2, 0.25) is 0 Å². The number of anilines is 1. The van der Waals surface area contributed by atoms with Crippen molar-refractivity contribution in [3.8, 4) is 0 Å². The summed E-state index contributed by atoms with van der Waals surface area (Å²) in [4.78, 5) is 11.4. The molecule has 0 fully saturated rings. The highest BCUT2D eigenvalue weighted by atomic mass is 32.2. The van der Waals surface area contributed by atoms with Gasteiger partial charge in [-0.2, -0.15) is 0 Å². The van der Waals surface area contributed by atoms with Crippen LogP contribution >= 0.6 is 0 Å². The van der Waals surface area contributed by atoms with E-state index in [1.165, 1.54) is 0 Å². The van der Waals surface area contributed by atoms with Crippen LogP contribution in [0.3, 0.4) is 0 Å². The van der Waals surface area contributed by atoms with Crippen molar-refractivity contribution in [3.05, 3.63) is 59.7 Å². The minimum atomic E-state index is -4.01. The number of sulfonamides is 1. The molecule has 0 atom stereocenters.